The number of ketones is 2. The molecule has 7 nitrogen and oxygen atoms in total. The Morgan fingerprint density at radius 1 is 0.875 bits per heavy atom. The fraction of sp³-hybridized carbons (Fsp3) is 0.120. The molecule has 3 N–H and O–H groups in total. The molecule has 0 bridgehead atoms. The van der Waals surface area contributed by atoms with Crippen molar-refractivity contribution in [2.24, 2.45) is 0 Å². The molecule has 1 unspecified atom stereocenters. The third-order valence-electron chi connectivity index (χ3n) is 5.31. The van der Waals surface area contributed by atoms with E-state index in [1.807, 2.05) is 6.07 Å². The van der Waals surface area contributed by atoms with Crippen LogP contribution < -0.4 is 11.1 Å². The largest absolute Gasteiger partial charge is 0.449 e. The molecule has 1 aliphatic carbocycles. The number of hydrogen-bond donors (Lipinski definition) is 2. The molecule has 0 aromatic heterocycles. The second kappa shape index (κ2) is 8.47. The number of nitrogens with one attached hydrogen (secondary N) is 1. The number of amides is 1. The van der Waals surface area contributed by atoms with Crippen molar-refractivity contribution in [1.82, 2.24) is 0 Å². The molecule has 7 heteroatoms. The Morgan fingerprint density at radius 3 is 2.16 bits per heavy atom. The van der Waals surface area contributed by atoms with Crippen LogP contribution in [0.4, 0.5) is 11.4 Å². The van der Waals surface area contributed by atoms with Gasteiger partial charge in [0.1, 0.15) is 0 Å². The quantitative estimate of drug-likeness (QED) is 0.371. The fourth-order valence-corrected chi connectivity index (χ4v) is 3.65. The van der Waals surface area contributed by atoms with E-state index < -0.39 is 23.8 Å². The van der Waals surface area contributed by atoms with E-state index >= 15 is 0 Å². The molecule has 4 rings (SSSR count). The number of fused-ring (bicyclic) bond motifs is 2. The molecule has 1 aliphatic rings. The molecule has 0 saturated heterocycles. The Kier molecular flexibility index (Phi) is 5.55. The van der Waals surface area contributed by atoms with E-state index in [1.165, 1.54) is 12.1 Å². The van der Waals surface area contributed by atoms with Crippen LogP contribution in [0, 0.1) is 0 Å². The maximum atomic E-state index is 13.0. The highest BCUT2D eigenvalue weighted by Gasteiger charge is 2.33. The van der Waals surface area contributed by atoms with Crippen LogP contribution in [0.2, 0.25) is 0 Å². The van der Waals surface area contributed by atoms with Gasteiger partial charge in [-0.2, -0.15) is 0 Å². The zero-order valence-corrected chi connectivity index (χ0v) is 17.3. The number of nitrogen functional groups attached to an aromatic ring is 1. The van der Waals surface area contributed by atoms with Gasteiger partial charge in [0.25, 0.3) is 5.91 Å². The minimum Gasteiger partial charge on any atom is -0.449 e. The van der Waals surface area contributed by atoms with Crippen LogP contribution in [0.1, 0.15) is 55.5 Å². The zero-order chi connectivity index (χ0) is 22.8. The summed E-state index contributed by atoms with van der Waals surface area (Å²) < 4.78 is 5.40. The molecule has 0 saturated carbocycles. The van der Waals surface area contributed by atoms with Crippen molar-refractivity contribution in [2.75, 3.05) is 11.1 Å². The number of rotatable bonds is 5. The van der Waals surface area contributed by atoms with E-state index in [9.17, 15) is 19.2 Å². The summed E-state index contributed by atoms with van der Waals surface area (Å²) in [5, 5.41) is 2.69. The van der Waals surface area contributed by atoms with E-state index in [-0.39, 0.29) is 40.1 Å². The van der Waals surface area contributed by atoms with Crippen molar-refractivity contribution in [3.8, 4) is 0 Å². The Labute approximate surface area is 184 Å². The van der Waals surface area contributed by atoms with E-state index in [1.54, 1.807) is 55.5 Å². The maximum absolute atomic E-state index is 13.0. The summed E-state index contributed by atoms with van der Waals surface area (Å²) in [6.45, 7) is 1.71. The lowest BCUT2D eigenvalue weighted by Gasteiger charge is -2.21. The summed E-state index contributed by atoms with van der Waals surface area (Å²) in [5.74, 6) is -2.10. The number of hydrogen-bond acceptors (Lipinski definition) is 6. The van der Waals surface area contributed by atoms with Crippen molar-refractivity contribution < 1.29 is 23.9 Å². The fourth-order valence-electron chi connectivity index (χ4n) is 3.65. The summed E-state index contributed by atoms with van der Waals surface area (Å²) in [4.78, 5) is 51.2. The first-order valence-electron chi connectivity index (χ1n) is 10.1. The lowest BCUT2D eigenvalue weighted by Crippen LogP contribution is -2.32. The van der Waals surface area contributed by atoms with E-state index in [2.05, 4.69) is 5.32 Å². The van der Waals surface area contributed by atoms with Crippen molar-refractivity contribution in [1.29, 1.82) is 0 Å². The molecule has 1 amide bonds. The van der Waals surface area contributed by atoms with Gasteiger partial charge in [-0.05, 0) is 30.7 Å². The Balaban J connectivity index is 1.60. The van der Waals surface area contributed by atoms with E-state index in [0.717, 1.165) is 0 Å². The van der Waals surface area contributed by atoms with Gasteiger partial charge in [-0.3, -0.25) is 14.4 Å². The third-order valence-corrected chi connectivity index (χ3v) is 5.31. The highest BCUT2D eigenvalue weighted by Crippen LogP contribution is 2.33. The van der Waals surface area contributed by atoms with Gasteiger partial charge in [0, 0.05) is 22.4 Å². The van der Waals surface area contributed by atoms with Gasteiger partial charge in [-0.1, -0.05) is 49.4 Å². The smallest absolute Gasteiger partial charge is 0.341 e. The molecule has 1 atom stereocenters. The molecule has 0 aliphatic heterocycles. The second-order valence-electron chi connectivity index (χ2n) is 7.31. The van der Waals surface area contributed by atoms with Gasteiger partial charge < -0.3 is 15.8 Å². The van der Waals surface area contributed by atoms with Crippen LogP contribution in [0.5, 0.6) is 0 Å². The standard InChI is InChI=1S/C25H20N2O5/c1-2-19(24(30)27-14-8-4-3-5-9-14)32-25(31)18-13-12-17-20(21(18)26)23(29)16-11-7-6-10-15(16)22(17)28/h3-13,19H,2,26H2,1H3,(H,27,30). The van der Waals surface area contributed by atoms with Crippen molar-refractivity contribution in [3.05, 3.63) is 94.5 Å². The lowest BCUT2D eigenvalue weighted by atomic mass is 9.82. The minimum atomic E-state index is -1.06. The number of esters is 1. The second-order valence-corrected chi connectivity index (χ2v) is 7.31. The Hall–Kier alpha value is -4.26. The average molecular weight is 428 g/mol. The van der Waals surface area contributed by atoms with Crippen LogP contribution in [0.3, 0.4) is 0 Å². The third kappa shape index (κ3) is 3.65. The van der Waals surface area contributed by atoms with Gasteiger partial charge >= 0.3 is 5.97 Å². The van der Waals surface area contributed by atoms with Crippen LogP contribution in [0.15, 0.2) is 66.7 Å². The molecule has 3 aromatic carbocycles. The highest BCUT2D eigenvalue weighted by molar-refractivity contribution is 6.30. The first-order chi connectivity index (χ1) is 15.4. The summed E-state index contributed by atoms with van der Waals surface area (Å²) in [7, 11) is 0. The molecule has 0 radical (unpaired) electrons. The minimum absolute atomic E-state index is 0.0232. The Bertz CT molecular complexity index is 1250. The normalized spacial score (nSPS) is 13.0. The predicted molar refractivity (Wildman–Crippen MR) is 119 cm³/mol. The van der Waals surface area contributed by atoms with Gasteiger partial charge in [-0.15, -0.1) is 0 Å². The van der Waals surface area contributed by atoms with Gasteiger partial charge in [-0.25, -0.2) is 4.79 Å². The zero-order valence-electron chi connectivity index (χ0n) is 17.3. The first kappa shape index (κ1) is 21.0. The molecule has 3 aromatic rings. The van der Waals surface area contributed by atoms with E-state index in [4.69, 9.17) is 10.5 Å². The number of benzene rings is 3. The van der Waals surface area contributed by atoms with Gasteiger partial charge in [0.2, 0.25) is 0 Å². The summed E-state index contributed by atoms with van der Waals surface area (Å²) >= 11 is 0. The highest BCUT2D eigenvalue weighted by atomic mass is 16.5. The van der Waals surface area contributed by atoms with Crippen LogP contribution in [-0.4, -0.2) is 29.5 Å². The number of anilines is 2. The number of nitrogens with two attached hydrogens (primary N) is 1. The SMILES string of the molecule is CCC(OC(=O)c1ccc2c(c1N)C(=O)c1ccccc1C2=O)C(=O)Nc1ccccc1. The summed E-state index contributed by atoms with van der Waals surface area (Å²) in [6.07, 6.45) is -0.823. The van der Waals surface area contributed by atoms with Crippen LogP contribution in [-0.2, 0) is 9.53 Å². The molecule has 0 fully saturated rings. The van der Waals surface area contributed by atoms with Gasteiger partial charge in [0.15, 0.2) is 17.7 Å². The molecule has 0 heterocycles. The number of carbonyl (C=O) groups excluding carboxylic acids is 4. The molecule has 0 spiro atoms. The summed E-state index contributed by atoms with van der Waals surface area (Å²) in [6, 6.07) is 18.0. The van der Waals surface area contributed by atoms with E-state index in [0.29, 0.717) is 11.3 Å². The molecule has 160 valence electrons. The monoisotopic (exact) mass is 428 g/mol. The van der Waals surface area contributed by atoms with Gasteiger partial charge in [0.05, 0.1) is 16.8 Å². The predicted octanol–water partition coefficient (Wildman–Crippen LogP) is 3.62. The first-order valence-corrected chi connectivity index (χ1v) is 10.1. The lowest BCUT2D eigenvalue weighted by molar-refractivity contribution is -0.124. The van der Waals surface area contributed by atoms with Crippen molar-refractivity contribution >= 4 is 34.8 Å². The number of para-hydroxylation sites is 1. The van der Waals surface area contributed by atoms with Crippen molar-refractivity contribution in [3.63, 3.8) is 0 Å². The molecular formula is C25H20N2O5. The summed E-state index contributed by atoms with van der Waals surface area (Å²) in [5.41, 5.74) is 7.16. The average Bonchev–Trinajstić information content (AvgIpc) is 2.81. The molecule has 32 heavy (non-hydrogen) atoms. The van der Waals surface area contributed by atoms with Crippen LogP contribution >= 0.6 is 0 Å². The Morgan fingerprint density at radius 2 is 1.50 bits per heavy atom. The van der Waals surface area contributed by atoms with Crippen molar-refractivity contribution in [2.45, 2.75) is 19.4 Å². The number of ether oxygens (including phenoxy) is 1. The van der Waals surface area contributed by atoms with Crippen LogP contribution in [0.25, 0.3) is 0 Å². The molecular weight excluding hydrogens is 408 g/mol. The maximum Gasteiger partial charge on any atom is 0.341 e. The topological polar surface area (TPSA) is 116 Å². The number of carbonyl (C=O) groups is 4.